The smallest absolute Gasteiger partial charge is 0.122 e. The quantitative estimate of drug-likeness (QED) is 0.800. The summed E-state index contributed by atoms with van der Waals surface area (Å²) in [6.07, 6.45) is 3.68. The van der Waals surface area contributed by atoms with E-state index in [9.17, 15) is 0 Å². The molecule has 2 rings (SSSR count). The van der Waals surface area contributed by atoms with Crippen LogP contribution >= 0.6 is 0 Å². The molecule has 0 bridgehead atoms. The highest BCUT2D eigenvalue weighted by atomic mass is 16.5. The van der Waals surface area contributed by atoms with Gasteiger partial charge < -0.3 is 10.1 Å². The van der Waals surface area contributed by atoms with Crippen molar-refractivity contribution in [2.24, 2.45) is 0 Å². The lowest BCUT2D eigenvalue weighted by Crippen LogP contribution is -2.24. The van der Waals surface area contributed by atoms with Gasteiger partial charge in [-0.2, -0.15) is 15.4 Å². The first kappa shape index (κ1) is 13.5. The number of hydrogen-bond donors (Lipinski definition) is 2. The second kappa shape index (κ2) is 6.89. The Morgan fingerprint density at radius 2 is 2.21 bits per heavy atom. The van der Waals surface area contributed by atoms with Crippen molar-refractivity contribution in [2.45, 2.75) is 25.8 Å². The molecule has 0 fully saturated rings. The Kier molecular flexibility index (Phi) is 4.92. The van der Waals surface area contributed by atoms with Crippen LogP contribution in [-0.2, 0) is 6.42 Å². The Morgan fingerprint density at radius 3 is 2.89 bits per heavy atom. The van der Waals surface area contributed by atoms with Crippen molar-refractivity contribution < 1.29 is 4.74 Å². The molecule has 1 heterocycles. The molecule has 0 saturated heterocycles. The van der Waals surface area contributed by atoms with Crippen molar-refractivity contribution in [3.63, 3.8) is 0 Å². The minimum absolute atomic E-state index is 0.148. The Labute approximate surface area is 113 Å². The fourth-order valence-corrected chi connectivity index (χ4v) is 2.07. The zero-order valence-corrected chi connectivity index (χ0v) is 11.4. The predicted octanol–water partition coefficient (Wildman–Crippen LogP) is 2.10. The van der Waals surface area contributed by atoms with Crippen LogP contribution in [0.4, 0.5) is 0 Å². The van der Waals surface area contributed by atoms with Gasteiger partial charge in [0.25, 0.3) is 0 Å². The molecule has 2 N–H and O–H groups in total. The summed E-state index contributed by atoms with van der Waals surface area (Å²) in [6.45, 7) is 3.10. The summed E-state index contributed by atoms with van der Waals surface area (Å²) < 4.78 is 5.40. The molecule has 5 nitrogen and oxygen atoms in total. The third-order valence-corrected chi connectivity index (χ3v) is 3.05. The van der Waals surface area contributed by atoms with Crippen LogP contribution in [0.3, 0.4) is 0 Å². The standard InChI is InChI=1S/C14H20N4O/c1-3-8-15-12(13-10-16-18-17-13)9-11-6-4-5-7-14(11)19-2/h4-7,10,12,15H,3,8-9H2,1-2H3,(H,16,17,18). The number of rotatable bonds is 7. The third-order valence-electron chi connectivity index (χ3n) is 3.05. The van der Waals surface area contributed by atoms with Gasteiger partial charge in [0.1, 0.15) is 5.75 Å². The molecule has 2 aromatic rings. The first-order chi connectivity index (χ1) is 9.35. The molecule has 1 unspecified atom stereocenters. The number of benzene rings is 1. The molecular weight excluding hydrogens is 240 g/mol. The van der Waals surface area contributed by atoms with Gasteiger partial charge in [0.2, 0.25) is 0 Å². The summed E-state index contributed by atoms with van der Waals surface area (Å²) in [4.78, 5) is 0. The van der Waals surface area contributed by atoms with E-state index < -0.39 is 0 Å². The first-order valence-corrected chi connectivity index (χ1v) is 6.56. The van der Waals surface area contributed by atoms with Gasteiger partial charge >= 0.3 is 0 Å². The summed E-state index contributed by atoms with van der Waals surface area (Å²) in [7, 11) is 1.70. The van der Waals surface area contributed by atoms with Crippen molar-refractivity contribution in [3.05, 3.63) is 41.7 Å². The van der Waals surface area contributed by atoms with Crippen LogP contribution in [0.1, 0.15) is 30.6 Å². The van der Waals surface area contributed by atoms with Gasteiger partial charge in [-0.1, -0.05) is 25.1 Å². The average Bonchev–Trinajstić information content (AvgIpc) is 2.98. The van der Waals surface area contributed by atoms with E-state index in [1.807, 2.05) is 18.2 Å². The number of H-pyrrole nitrogens is 1. The molecule has 5 heteroatoms. The van der Waals surface area contributed by atoms with E-state index in [1.54, 1.807) is 13.3 Å². The first-order valence-electron chi connectivity index (χ1n) is 6.56. The molecule has 102 valence electrons. The zero-order chi connectivity index (χ0) is 13.5. The zero-order valence-electron chi connectivity index (χ0n) is 11.4. The van der Waals surface area contributed by atoms with E-state index in [2.05, 4.69) is 33.7 Å². The fraction of sp³-hybridized carbons (Fsp3) is 0.429. The van der Waals surface area contributed by atoms with Crippen LogP contribution in [0.5, 0.6) is 5.75 Å². The van der Waals surface area contributed by atoms with Crippen LogP contribution in [0.25, 0.3) is 0 Å². The van der Waals surface area contributed by atoms with E-state index in [0.29, 0.717) is 0 Å². The van der Waals surface area contributed by atoms with Crippen LogP contribution in [-0.4, -0.2) is 29.1 Å². The molecule has 0 aliphatic rings. The molecule has 1 aromatic heterocycles. The summed E-state index contributed by atoms with van der Waals surface area (Å²) in [5.74, 6) is 0.911. The van der Waals surface area contributed by atoms with Crippen molar-refractivity contribution >= 4 is 0 Å². The number of ether oxygens (including phenoxy) is 1. The molecule has 1 atom stereocenters. The van der Waals surface area contributed by atoms with Gasteiger partial charge in [-0.3, -0.25) is 0 Å². The highest BCUT2D eigenvalue weighted by Crippen LogP contribution is 2.23. The summed E-state index contributed by atoms with van der Waals surface area (Å²) in [5, 5.41) is 14.2. The number of nitrogens with zero attached hydrogens (tertiary/aromatic N) is 2. The Balaban J connectivity index is 2.15. The number of nitrogens with one attached hydrogen (secondary N) is 2. The van der Waals surface area contributed by atoms with E-state index in [1.165, 1.54) is 5.56 Å². The van der Waals surface area contributed by atoms with Crippen LogP contribution in [0, 0.1) is 0 Å². The van der Waals surface area contributed by atoms with Gasteiger partial charge in [-0.25, -0.2) is 0 Å². The minimum atomic E-state index is 0.148. The van der Waals surface area contributed by atoms with Crippen LogP contribution in [0.15, 0.2) is 30.5 Å². The maximum Gasteiger partial charge on any atom is 0.122 e. The summed E-state index contributed by atoms with van der Waals surface area (Å²) in [5.41, 5.74) is 2.10. The lowest BCUT2D eigenvalue weighted by atomic mass is 10.0. The van der Waals surface area contributed by atoms with E-state index in [4.69, 9.17) is 4.74 Å². The largest absolute Gasteiger partial charge is 0.496 e. The Bertz CT molecular complexity index is 484. The predicted molar refractivity (Wildman–Crippen MR) is 74.1 cm³/mol. The maximum absolute atomic E-state index is 5.40. The van der Waals surface area contributed by atoms with Crippen molar-refractivity contribution in [3.8, 4) is 5.75 Å². The van der Waals surface area contributed by atoms with Gasteiger partial charge in [0.05, 0.1) is 25.0 Å². The number of hydrogen-bond acceptors (Lipinski definition) is 4. The normalized spacial score (nSPS) is 12.3. The van der Waals surface area contributed by atoms with Crippen LogP contribution in [0.2, 0.25) is 0 Å². The van der Waals surface area contributed by atoms with Crippen molar-refractivity contribution in [1.29, 1.82) is 0 Å². The van der Waals surface area contributed by atoms with Crippen LogP contribution < -0.4 is 10.1 Å². The Hall–Kier alpha value is -1.88. The van der Waals surface area contributed by atoms with Gasteiger partial charge in [-0.15, -0.1) is 0 Å². The number of aromatic amines is 1. The molecule has 0 radical (unpaired) electrons. The average molecular weight is 260 g/mol. The van der Waals surface area contributed by atoms with Crippen molar-refractivity contribution in [2.75, 3.05) is 13.7 Å². The monoisotopic (exact) mass is 260 g/mol. The second-order valence-corrected chi connectivity index (χ2v) is 4.42. The minimum Gasteiger partial charge on any atom is -0.496 e. The highest BCUT2D eigenvalue weighted by Gasteiger charge is 2.16. The SMILES string of the molecule is CCCNC(Cc1ccccc1OC)c1cn[nH]n1. The maximum atomic E-state index is 5.40. The van der Waals surface area contributed by atoms with E-state index >= 15 is 0 Å². The summed E-state index contributed by atoms with van der Waals surface area (Å²) >= 11 is 0. The molecule has 0 aliphatic carbocycles. The van der Waals surface area contributed by atoms with Crippen molar-refractivity contribution in [1.82, 2.24) is 20.7 Å². The van der Waals surface area contributed by atoms with E-state index in [0.717, 1.165) is 30.8 Å². The Morgan fingerprint density at radius 1 is 1.37 bits per heavy atom. The van der Waals surface area contributed by atoms with Gasteiger partial charge in [0, 0.05) is 0 Å². The number of aromatic nitrogens is 3. The molecule has 0 saturated carbocycles. The van der Waals surface area contributed by atoms with Gasteiger partial charge in [0.15, 0.2) is 0 Å². The summed E-state index contributed by atoms with van der Waals surface area (Å²) in [6, 6.07) is 8.22. The van der Waals surface area contributed by atoms with E-state index in [-0.39, 0.29) is 6.04 Å². The number of methoxy groups -OCH3 is 1. The lowest BCUT2D eigenvalue weighted by Gasteiger charge is -2.17. The topological polar surface area (TPSA) is 62.8 Å². The molecular formula is C14H20N4O. The lowest BCUT2D eigenvalue weighted by molar-refractivity contribution is 0.404. The fourth-order valence-electron chi connectivity index (χ4n) is 2.07. The molecule has 0 spiro atoms. The third kappa shape index (κ3) is 3.54. The molecule has 19 heavy (non-hydrogen) atoms. The second-order valence-electron chi connectivity index (χ2n) is 4.42. The van der Waals surface area contributed by atoms with Gasteiger partial charge in [-0.05, 0) is 31.0 Å². The highest BCUT2D eigenvalue weighted by molar-refractivity contribution is 5.34. The molecule has 1 aromatic carbocycles. The number of para-hydroxylation sites is 1. The molecule has 0 amide bonds. The molecule has 0 aliphatic heterocycles.